The Morgan fingerprint density at radius 2 is 2.19 bits per heavy atom. The van der Waals surface area contributed by atoms with Crippen LogP contribution in [-0.4, -0.2) is 36.0 Å². The van der Waals surface area contributed by atoms with E-state index in [1.54, 1.807) is 25.1 Å². The van der Waals surface area contributed by atoms with Crippen LogP contribution in [0.4, 0.5) is 0 Å². The highest BCUT2D eigenvalue weighted by molar-refractivity contribution is 6.42. The maximum absolute atomic E-state index is 12.5. The summed E-state index contributed by atoms with van der Waals surface area (Å²) in [4.78, 5) is 14.3. The number of rotatable bonds is 4. The summed E-state index contributed by atoms with van der Waals surface area (Å²) in [5.74, 6) is 0.887. The monoisotopic (exact) mass is 330 g/mol. The lowest BCUT2D eigenvalue weighted by atomic mass is 10.1. The fraction of sp³-hybridized carbons (Fsp3) is 0.533. The van der Waals surface area contributed by atoms with E-state index in [0.29, 0.717) is 34.8 Å². The topological polar surface area (TPSA) is 55.6 Å². The number of benzene rings is 1. The van der Waals surface area contributed by atoms with Gasteiger partial charge in [0.05, 0.1) is 10.0 Å². The lowest BCUT2D eigenvalue weighted by Gasteiger charge is -2.25. The molecule has 21 heavy (non-hydrogen) atoms. The molecule has 1 aromatic rings. The summed E-state index contributed by atoms with van der Waals surface area (Å²) in [5, 5.41) is 0.869. The van der Waals surface area contributed by atoms with Crippen molar-refractivity contribution < 1.29 is 9.53 Å². The van der Waals surface area contributed by atoms with Gasteiger partial charge in [-0.25, -0.2) is 0 Å². The maximum atomic E-state index is 12.5. The molecule has 1 aliphatic heterocycles. The van der Waals surface area contributed by atoms with Crippen LogP contribution in [0.3, 0.4) is 0 Å². The Hall–Kier alpha value is -0.970. The van der Waals surface area contributed by atoms with Gasteiger partial charge in [-0.05, 0) is 44.9 Å². The Morgan fingerprint density at radius 1 is 1.48 bits per heavy atom. The summed E-state index contributed by atoms with van der Waals surface area (Å²) in [6.07, 6.45) is 0.378. The second-order valence-corrected chi connectivity index (χ2v) is 6.33. The molecule has 1 aliphatic rings. The largest absolute Gasteiger partial charge is 0.481 e. The van der Waals surface area contributed by atoms with Crippen LogP contribution in [0.15, 0.2) is 18.2 Å². The smallest absolute Gasteiger partial charge is 0.263 e. The molecule has 0 saturated carbocycles. The molecule has 0 aromatic heterocycles. The molecule has 0 spiro atoms. The van der Waals surface area contributed by atoms with Crippen LogP contribution >= 0.6 is 23.2 Å². The molecule has 1 fully saturated rings. The summed E-state index contributed by atoms with van der Waals surface area (Å²) in [5.41, 5.74) is 5.69. The number of nitrogens with zero attached hydrogens (tertiary/aromatic N) is 1. The summed E-state index contributed by atoms with van der Waals surface area (Å²) >= 11 is 11.8. The Bertz CT molecular complexity index is 524. The second kappa shape index (κ2) is 6.86. The Kier molecular flexibility index (Phi) is 5.36. The SMILES string of the molecule is CC(Oc1ccc(Cl)c(Cl)c1)C(=O)N1CC(CN)CC1C. The number of ether oxygens (including phenoxy) is 1. The Balaban J connectivity index is 2.01. The van der Waals surface area contributed by atoms with E-state index in [1.165, 1.54) is 0 Å². The molecule has 1 saturated heterocycles. The van der Waals surface area contributed by atoms with Crippen molar-refractivity contribution in [1.29, 1.82) is 0 Å². The average molecular weight is 331 g/mol. The lowest BCUT2D eigenvalue weighted by molar-refractivity contribution is -0.138. The summed E-state index contributed by atoms with van der Waals surface area (Å²) in [7, 11) is 0. The minimum atomic E-state index is -0.568. The van der Waals surface area contributed by atoms with Gasteiger partial charge in [-0.3, -0.25) is 4.79 Å². The molecular weight excluding hydrogens is 311 g/mol. The zero-order valence-electron chi connectivity index (χ0n) is 12.2. The normalized spacial score (nSPS) is 23.2. The number of hydrogen-bond donors (Lipinski definition) is 1. The van der Waals surface area contributed by atoms with Crippen molar-refractivity contribution in [2.45, 2.75) is 32.4 Å². The third kappa shape index (κ3) is 3.82. The molecule has 0 bridgehead atoms. The molecule has 0 radical (unpaired) electrons. The van der Waals surface area contributed by atoms with Gasteiger partial charge in [0, 0.05) is 18.7 Å². The first-order valence-corrected chi connectivity index (χ1v) is 7.80. The first-order chi connectivity index (χ1) is 9.92. The van der Waals surface area contributed by atoms with Crippen molar-refractivity contribution >= 4 is 29.1 Å². The molecule has 3 atom stereocenters. The molecule has 6 heteroatoms. The highest BCUT2D eigenvalue weighted by atomic mass is 35.5. The molecule has 0 aliphatic carbocycles. The van der Waals surface area contributed by atoms with Crippen LogP contribution in [0, 0.1) is 5.92 Å². The highest BCUT2D eigenvalue weighted by Gasteiger charge is 2.34. The standard InChI is InChI=1S/C15H20Cl2N2O2/c1-9-5-11(7-18)8-19(9)15(20)10(2)21-12-3-4-13(16)14(17)6-12/h3-4,6,9-11H,5,7-8,18H2,1-2H3. The number of hydrogen-bond acceptors (Lipinski definition) is 3. The molecule has 1 amide bonds. The van der Waals surface area contributed by atoms with E-state index in [1.807, 2.05) is 11.8 Å². The van der Waals surface area contributed by atoms with Crippen LogP contribution in [0.2, 0.25) is 10.0 Å². The summed E-state index contributed by atoms with van der Waals surface area (Å²) in [6, 6.07) is 5.17. The van der Waals surface area contributed by atoms with Gasteiger partial charge in [0.1, 0.15) is 5.75 Å². The Labute approximate surface area is 135 Å². The van der Waals surface area contributed by atoms with Gasteiger partial charge in [-0.1, -0.05) is 23.2 Å². The minimum Gasteiger partial charge on any atom is -0.481 e. The van der Waals surface area contributed by atoms with Gasteiger partial charge in [-0.2, -0.15) is 0 Å². The number of amides is 1. The van der Waals surface area contributed by atoms with Crippen LogP contribution in [0.5, 0.6) is 5.75 Å². The van der Waals surface area contributed by atoms with Gasteiger partial charge in [0.2, 0.25) is 0 Å². The summed E-state index contributed by atoms with van der Waals surface area (Å²) in [6.45, 7) is 5.09. The van der Waals surface area contributed by atoms with E-state index in [-0.39, 0.29) is 11.9 Å². The predicted molar refractivity (Wildman–Crippen MR) is 84.9 cm³/mol. The van der Waals surface area contributed by atoms with Crippen molar-refractivity contribution in [3.63, 3.8) is 0 Å². The lowest BCUT2D eigenvalue weighted by Crippen LogP contribution is -2.42. The van der Waals surface area contributed by atoms with Gasteiger partial charge in [-0.15, -0.1) is 0 Å². The molecule has 2 N–H and O–H groups in total. The third-order valence-electron chi connectivity index (χ3n) is 3.83. The fourth-order valence-electron chi connectivity index (χ4n) is 2.66. The van der Waals surface area contributed by atoms with E-state index in [4.69, 9.17) is 33.7 Å². The van der Waals surface area contributed by atoms with Crippen molar-refractivity contribution in [2.75, 3.05) is 13.1 Å². The number of carbonyl (C=O) groups is 1. The van der Waals surface area contributed by atoms with E-state index in [9.17, 15) is 4.79 Å². The molecule has 4 nitrogen and oxygen atoms in total. The molecule has 1 aromatic carbocycles. The summed E-state index contributed by atoms with van der Waals surface area (Å²) < 4.78 is 5.68. The van der Waals surface area contributed by atoms with Gasteiger partial charge in [0.25, 0.3) is 5.91 Å². The molecular formula is C15H20Cl2N2O2. The zero-order valence-corrected chi connectivity index (χ0v) is 13.7. The predicted octanol–water partition coefficient (Wildman–Crippen LogP) is 2.96. The number of likely N-dealkylation sites (tertiary alicyclic amines) is 1. The number of halogens is 2. The third-order valence-corrected chi connectivity index (χ3v) is 4.57. The van der Waals surface area contributed by atoms with Crippen molar-refractivity contribution in [1.82, 2.24) is 4.90 Å². The van der Waals surface area contributed by atoms with Crippen LogP contribution < -0.4 is 10.5 Å². The van der Waals surface area contributed by atoms with Gasteiger partial charge in [0.15, 0.2) is 6.10 Å². The quantitative estimate of drug-likeness (QED) is 0.923. The van der Waals surface area contributed by atoms with Gasteiger partial charge < -0.3 is 15.4 Å². The first-order valence-electron chi connectivity index (χ1n) is 7.04. The Morgan fingerprint density at radius 3 is 2.76 bits per heavy atom. The van der Waals surface area contributed by atoms with Crippen molar-refractivity contribution in [3.8, 4) is 5.75 Å². The highest BCUT2D eigenvalue weighted by Crippen LogP contribution is 2.28. The van der Waals surface area contributed by atoms with E-state index in [0.717, 1.165) is 6.42 Å². The average Bonchev–Trinajstić information content (AvgIpc) is 2.83. The molecule has 2 rings (SSSR count). The number of carbonyl (C=O) groups excluding carboxylic acids is 1. The van der Waals surface area contributed by atoms with E-state index >= 15 is 0 Å². The zero-order chi connectivity index (χ0) is 15.6. The molecule has 3 unspecified atom stereocenters. The second-order valence-electron chi connectivity index (χ2n) is 5.51. The van der Waals surface area contributed by atoms with Crippen molar-refractivity contribution in [3.05, 3.63) is 28.2 Å². The van der Waals surface area contributed by atoms with Crippen LogP contribution in [0.1, 0.15) is 20.3 Å². The maximum Gasteiger partial charge on any atom is 0.263 e. The fourth-order valence-corrected chi connectivity index (χ4v) is 2.95. The molecule has 1 heterocycles. The first kappa shape index (κ1) is 16.4. The van der Waals surface area contributed by atoms with E-state index in [2.05, 4.69) is 0 Å². The van der Waals surface area contributed by atoms with Crippen molar-refractivity contribution in [2.24, 2.45) is 11.7 Å². The van der Waals surface area contributed by atoms with E-state index < -0.39 is 6.10 Å². The van der Waals surface area contributed by atoms with Crippen LogP contribution in [-0.2, 0) is 4.79 Å². The number of nitrogens with two attached hydrogens (primary N) is 1. The minimum absolute atomic E-state index is 0.0236. The van der Waals surface area contributed by atoms with Gasteiger partial charge >= 0.3 is 0 Å². The molecule has 116 valence electrons. The van der Waals surface area contributed by atoms with Crippen LogP contribution in [0.25, 0.3) is 0 Å².